The second-order valence-corrected chi connectivity index (χ2v) is 28.0. The Morgan fingerprint density at radius 2 is 1.15 bits per heavy atom. The molecule has 39 heavy (non-hydrogen) atoms. The number of carbonyl (C=O) groups is 2. The monoisotopic (exact) mass is 706 g/mol. The van der Waals surface area contributed by atoms with Crippen LogP contribution in [0.25, 0.3) is 21.8 Å². The van der Waals surface area contributed by atoms with Crippen molar-refractivity contribution >= 4 is 71.9 Å². The van der Waals surface area contributed by atoms with E-state index < -0.39 is 41.8 Å². The van der Waals surface area contributed by atoms with Gasteiger partial charge in [-0.2, -0.15) is 9.78 Å². The summed E-state index contributed by atoms with van der Waals surface area (Å²) in [5.41, 5.74) is 2.19. The number of hydrogen-bond acceptors (Lipinski definition) is 6. The average Bonchev–Trinajstić information content (AvgIpc) is 3.28. The summed E-state index contributed by atoms with van der Waals surface area (Å²) < 4.78 is 15.8. The van der Waals surface area contributed by atoms with Crippen LogP contribution in [0, 0.1) is 13.8 Å². The van der Waals surface area contributed by atoms with Gasteiger partial charge in [-0.25, -0.2) is 4.79 Å². The first kappa shape index (κ1) is 31.1. The number of halogens is 1. The maximum absolute atomic E-state index is 12.3. The Labute approximate surface area is 243 Å². The molecule has 0 N–H and O–H groups in total. The van der Waals surface area contributed by atoms with Crippen LogP contribution in [0.1, 0.15) is 52.9 Å². The quantitative estimate of drug-likeness (QED) is 0.190. The summed E-state index contributed by atoms with van der Waals surface area (Å²) in [5.74, 6) is 0. The second-order valence-electron chi connectivity index (χ2n) is 12.6. The topological polar surface area (TPSA) is 88.2 Å². The number of aromatic nitrogens is 4. The number of hydrogen-bond donors (Lipinski definition) is 0. The van der Waals surface area contributed by atoms with Crippen LogP contribution in [0.3, 0.4) is 0 Å². The van der Waals surface area contributed by atoms with E-state index in [2.05, 4.69) is 53.1 Å². The molecule has 4 rings (SSSR count). The zero-order chi connectivity index (χ0) is 29.5. The third-order valence-corrected chi connectivity index (χ3v) is 12.0. The van der Waals surface area contributed by atoms with E-state index in [0.717, 1.165) is 37.7 Å². The predicted molar refractivity (Wildman–Crippen MR) is 163 cm³/mol. The molecule has 0 saturated carbocycles. The molecule has 2 aromatic carbocycles. The molecule has 210 valence electrons. The summed E-state index contributed by atoms with van der Waals surface area (Å²) in [7, 11) is 0. The number of nitrogens with zero attached hydrogens (tertiary/aromatic N) is 4. The zero-order valence-corrected chi connectivity index (χ0v) is 29.2. The Balaban J connectivity index is 0.000000218. The summed E-state index contributed by atoms with van der Waals surface area (Å²) in [4.78, 5) is 31.4. The van der Waals surface area contributed by atoms with Crippen molar-refractivity contribution in [2.24, 2.45) is 0 Å². The summed E-state index contributed by atoms with van der Waals surface area (Å²) in [5, 5.41) is 10.6. The van der Waals surface area contributed by atoms with Crippen molar-refractivity contribution in [2.75, 3.05) is 0 Å². The number of aryl methyl sites for hydroxylation is 2. The van der Waals surface area contributed by atoms with E-state index in [4.69, 9.17) is 9.47 Å². The molecule has 0 aliphatic carbocycles. The van der Waals surface area contributed by atoms with Crippen LogP contribution < -0.4 is 3.58 Å². The summed E-state index contributed by atoms with van der Waals surface area (Å²) in [6, 6.07) is 12.0. The molecule has 0 amide bonds. The van der Waals surface area contributed by atoms with Crippen molar-refractivity contribution < 1.29 is 19.1 Å². The van der Waals surface area contributed by atoms with Gasteiger partial charge in [-0.15, -0.1) is 0 Å². The Hall–Kier alpha value is -2.40. The molecule has 0 atom stereocenters. The van der Waals surface area contributed by atoms with Gasteiger partial charge in [-0.1, -0.05) is 15.9 Å². The molecule has 0 bridgehead atoms. The van der Waals surface area contributed by atoms with Crippen molar-refractivity contribution in [3.8, 4) is 0 Å². The van der Waals surface area contributed by atoms with Gasteiger partial charge in [0, 0.05) is 9.86 Å². The predicted octanol–water partition coefficient (Wildman–Crippen LogP) is 7.56. The molecule has 0 aliphatic rings. The Bertz CT molecular complexity index is 1540. The third-order valence-electron chi connectivity index (χ3n) is 5.69. The largest absolute Gasteiger partial charge is 0.442 e. The van der Waals surface area contributed by atoms with Gasteiger partial charge in [0.1, 0.15) is 5.60 Å². The van der Waals surface area contributed by atoms with Crippen LogP contribution in [0.5, 0.6) is 0 Å². The maximum atomic E-state index is 12.3. The first-order chi connectivity index (χ1) is 17.8. The van der Waals surface area contributed by atoms with Gasteiger partial charge in [0.25, 0.3) is 0 Å². The summed E-state index contributed by atoms with van der Waals surface area (Å²) in [6.07, 6.45) is -0.879. The first-order valence-corrected chi connectivity index (χ1v) is 23.7. The molecule has 0 saturated heterocycles. The smallest absolute Gasteiger partial charge is 0.435 e. The van der Waals surface area contributed by atoms with Crippen LogP contribution >= 0.6 is 15.9 Å². The Morgan fingerprint density at radius 3 is 1.56 bits per heavy atom. The molecule has 4 aromatic rings. The molecule has 0 spiro atoms. The number of rotatable bonds is 1. The van der Waals surface area contributed by atoms with Crippen LogP contribution in [0.4, 0.5) is 9.59 Å². The normalized spacial score (nSPS) is 12.3. The minimum Gasteiger partial charge on any atom is -0.442 e. The van der Waals surface area contributed by atoms with Crippen LogP contribution in [0.2, 0.25) is 14.8 Å². The van der Waals surface area contributed by atoms with Crippen LogP contribution in [-0.2, 0) is 9.47 Å². The molecule has 2 aromatic heterocycles. The van der Waals surface area contributed by atoms with E-state index in [9.17, 15) is 9.59 Å². The molecule has 0 fully saturated rings. The fraction of sp³-hybridized carbons (Fsp3) is 0.448. The van der Waals surface area contributed by atoms with Gasteiger partial charge in [0.15, 0.2) is 0 Å². The summed E-state index contributed by atoms with van der Waals surface area (Å²) >= 11 is 1.28. The standard InChI is InChI=1S/C13H15BrN2O2.C13H15N2O2.3CH3.Sn/c1-8-10-7-9(14)5-6-11(10)16(15-8)12(17)18-13(2,3)4;1-9-10-7-5-6-8-11(10)15(14-9)12(16)17-13(2,3)4;;;;/h5-7H,1-4H3;6-8H,1-4H3;3*1H3;. The number of fused-ring (bicyclic) bond motifs is 2. The fourth-order valence-corrected chi connectivity index (χ4v) is 7.54. The molecule has 0 aliphatic heterocycles. The first-order valence-electron chi connectivity index (χ1n) is 12.9. The van der Waals surface area contributed by atoms with Gasteiger partial charge < -0.3 is 4.74 Å². The Morgan fingerprint density at radius 1 is 0.744 bits per heavy atom. The molecule has 0 radical (unpaired) electrons. The fourth-order valence-electron chi connectivity index (χ4n) is 3.86. The van der Waals surface area contributed by atoms with Gasteiger partial charge in [-0.05, 0) is 45.9 Å². The van der Waals surface area contributed by atoms with Crippen molar-refractivity contribution in [2.45, 2.75) is 81.4 Å². The van der Waals surface area contributed by atoms with E-state index in [1.165, 1.54) is 12.9 Å². The molecule has 0 unspecified atom stereocenters. The average molecular weight is 706 g/mol. The van der Waals surface area contributed by atoms with Crippen molar-refractivity contribution in [1.82, 2.24) is 19.6 Å². The number of carbonyl (C=O) groups excluding carboxylic acids is 2. The molecule has 8 nitrogen and oxygen atoms in total. The van der Waals surface area contributed by atoms with Crippen molar-refractivity contribution in [1.29, 1.82) is 0 Å². The minimum absolute atomic E-state index is 0.423. The second kappa shape index (κ2) is 11.2. The third kappa shape index (κ3) is 7.84. The maximum Gasteiger partial charge on any atom is 0.435 e. The van der Waals surface area contributed by atoms with Gasteiger partial charge in [0.2, 0.25) is 0 Å². The van der Waals surface area contributed by atoms with E-state index >= 15 is 0 Å². The van der Waals surface area contributed by atoms with E-state index in [-0.39, 0.29) is 0 Å². The van der Waals surface area contributed by atoms with Crippen molar-refractivity contribution in [3.63, 3.8) is 0 Å². The molecular weight excluding hydrogens is 667 g/mol. The van der Waals surface area contributed by atoms with Gasteiger partial charge >= 0.3 is 136 Å². The minimum atomic E-state index is -2.12. The van der Waals surface area contributed by atoms with Crippen molar-refractivity contribution in [3.05, 3.63) is 52.3 Å². The summed E-state index contributed by atoms with van der Waals surface area (Å²) in [6.45, 7) is 14.9. The van der Waals surface area contributed by atoms with E-state index in [1.54, 1.807) is 0 Å². The zero-order valence-electron chi connectivity index (χ0n) is 24.8. The van der Waals surface area contributed by atoms with Gasteiger partial charge in [0.05, 0.1) is 11.2 Å². The van der Waals surface area contributed by atoms with Gasteiger partial charge in [-0.3, -0.25) is 0 Å². The molecular formula is C29H39BrN4O4Sn. The van der Waals surface area contributed by atoms with Crippen LogP contribution in [-0.4, -0.2) is 61.3 Å². The van der Waals surface area contributed by atoms with Crippen LogP contribution in [0.15, 0.2) is 40.9 Å². The number of ether oxygens (including phenoxy) is 2. The molecule has 10 heteroatoms. The Kier molecular flexibility index (Phi) is 8.96. The van der Waals surface area contributed by atoms with E-state index in [1.807, 2.05) is 79.7 Å². The molecule has 2 heterocycles. The number of benzene rings is 2. The van der Waals surface area contributed by atoms with E-state index in [0.29, 0.717) is 0 Å². The SMILES string of the molecule is Cc1nn(C(=O)OC(C)(C)C)c2cc[c]([Sn]([CH3])([CH3])[CH3])cc12.Cc1nn(C(=O)OC(C)(C)C)c2ccc(Br)cc12.